The van der Waals surface area contributed by atoms with Crippen LogP contribution in [-0.4, -0.2) is 30.1 Å². The molecule has 0 fully saturated rings. The highest BCUT2D eigenvalue weighted by Gasteiger charge is 2.28. The predicted octanol–water partition coefficient (Wildman–Crippen LogP) is 2.19. The summed E-state index contributed by atoms with van der Waals surface area (Å²) in [5.41, 5.74) is 6.58. The fourth-order valence-electron chi connectivity index (χ4n) is 2.01. The Kier molecular flexibility index (Phi) is 5.50. The number of aromatic nitrogens is 1. The molecule has 0 saturated heterocycles. The number of nitrogens with zero attached hydrogens (tertiary/aromatic N) is 1. The lowest BCUT2D eigenvalue weighted by atomic mass is 10.1. The van der Waals surface area contributed by atoms with Gasteiger partial charge >= 0.3 is 0 Å². The number of aryl methyl sites for hydroxylation is 2. The van der Waals surface area contributed by atoms with Crippen LogP contribution in [-0.2, 0) is 6.61 Å². The highest BCUT2D eigenvalue weighted by molar-refractivity contribution is 5.96. The second-order valence-corrected chi connectivity index (χ2v) is 5.33. The van der Waals surface area contributed by atoms with E-state index in [2.05, 4.69) is 10.5 Å². The number of nitrogens with two attached hydrogens (primary N) is 1. The Morgan fingerprint density at radius 2 is 2.08 bits per heavy atom. The summed E-state index contributed by atoms with van der Waals surface area (Å²) in [5.74, 6) is -2.90. The van der Waals surface area contributed by atoms with Crippen molar-refractivity contribution < 1.29 is 22.8 Å². The second kappa shape index (κ2) is 7.39. The zero-order chi connectivity index (χ0) is 17.7. The van der Waals surface area contributed by atoms with E-state index in [-0.39, 0.29) is 17.9 Å². The summed E-state index contributed by atoms with van der Waals surface area (Å²) in [6.07, 6.45) is 0. The van der Waals surface area contributed by atoms with E-state index in [0.29, 0.717) is 11.5 Å². The standard InChI is InChI=1S/C16H19F2N3O3/c1-10-13(11(2)24-21-10)7-23-14-6-4-3-5-12(14)15(22)20-9-16(17,18)8-19/h3-6H,7-9,19H2,1-2H3,(H,20,22). The van der Waals surface area contributed by atoms with Crippen molar-refractivity contribution in [3.05, 3.63) is 46.8 Å². The monoisotopic (exact) mass is 339 g/mol. The van der Waals surface area contributed by atoms with Crippen LogP contribution in [0.2, 0.25) is 0 Å². The van der Waals surface area contributed by atoms with Crippen LogP contribution in [0.5, 0.6) is 5.75 Å². The molecule has 1 amide bonds. The smallest absolute Gasteiger partial charge is 0.277 e. The first-order valence-corrected chi connectivity index (χ1v) is 7.34. The first-order valence-electron chi connectivity index (χ1n) is 7.34. The summed E-state index contributed by atoms with van der Waals surface area (Å²) < 4.78 is 37.0. The van der Waals surface area contributed by atoms with Gasteiger partial charge in [0.25, 0.3) is 11.8 Å². The summed E-state index contributed by atoms with van der Waals surface area (Å²) >= 11 is 0. The number of alkyl halides is 2. The number of hydrogen-bond acceptors (Lipinski definition) is 5. The van der Waals surface area contributed by atoms with Crippen LogP contribution in [0, 0.1) is 13.8 Å². The predicted molar refractivity (Wildman–Crippen MR) is 83.1 cm³/mol. The molecule has 1 heterocycles. The molecule has 8 heteroatoms. The summed E-state index contributed by atoms with van der Waals surface area (Å²) in [7, 11) is 0. The number of amides is 1. The van der Waals surface area contributed by atoms with E-state index in [1.807, 2.05) is 0 Å². The third-order valence-corrected chi connectivity index (χ3v) is 3.49. The van der Waals surface area contributed by atoms with E-state index in [4.69, 9.17) is 15.0 Å². The Morgan fingerprint density at radius 1 is 1.38 bits per heavy atom. The van der Waals surface area contributed by atoms with Gasteiger partial charge in [-0.05, 0) is 26.0 Å². The average Bonchev–Trinajstić information content (AvgIpc) is 2.89. The molecule has 3 N–H and O–H groups in total. The Balaban J connectivity index is 2.08. The van der Waals surface area contributed by atoms with Gasteiger partial charge in [0.2, 0.25) is 0 Å². The number of benzene rings is 1. The molecule has 1 aromatic heterocycles. The fourth-order valence-corrected chi connectivity index (χ4v) is 2.01. The molecule has 2 rings (SSSR count). The molecule has 0 saturated carbocycles. The third-order valence-electron chi connectivity index (χ3n) is 3.49. The lowest BCUT2D eigenvalue weighted by Gasteiger charge is -2.16. The molecule has 1 aromatic carbocycles. The molecule has 0 aliphatic carbocycles. The van der Waals surface area contributed by atoms with Gasteiger partial charge in [0.1, 0.15) is 18.1 Å². The largest absolute Gasteiger partial charge is 0.488 e. The average molecular weight is 339 g/mol. The second-order valence-electron chi connectivity index (χ2n) is 5.33. The van der Waals surface area contributed by atoms with Crippen LogP contribution in [0.15, 0.2) is 28.8 Å². The third kappa shape index (κ3) is 4.29. The fraction of sp³-hybridized carbons (Fsp3) is 0.375. The van der Waals surface area contributed by atoms with Gasteiger partial charge in [-0.1, -0.05) is 17.3 Å². The highest BCUT2D eigenvalue weighted by Crippen LogP contribution is 2.21. The maximum atomic E-state index is 13.2. The lowest BCUT2D eigenvalue weighted by Crippen LogP contribution is -2.41. The highest BCUT2D eigenvalue weighted by atomic mass is 19.3. The molecule has 2 aromatic rings. The van der Waals surface area contributed by atoms with Crippen molar-refractivity contribution in [1.82, 2.24) is 10.5 Å². The molecule has 0 aliphatic heterocycles. The minimum Gasteiger partial charge on any atom is -0.488 e. The van der Waals surface area contributed by atoms with Crippen molar-refractivity contribution in [3.63, 3.8) is 0 Å². The van der Waals surface area contributed by atoms with E-state index in [0.717, 1.165) is 5.56 Å². The van der Waals surface area contributed by atoms with Crippen molar-refractivity contribution >= 4 is 5.91 Å². The minimum absolute atomic E-state index is 0.157. The Morgan fingerprint density at radius 3 is 2.71 bits per heavy atom. The van der Waals surface area contributed by atoms with E-state index in [1.54, 1.807) is 32.0 Å². The Hall–Kier alpha value is -2.48. The molecule has 0 radical (unpaired) electrons. The lowest BCUT2D eigenvalue weighted by molar-refractivity contribution is 0.0118. The number of carbonyl (C=O) groups is 1. The van der Waals surface area contributed by atoms with E-state index >= 15 is 0 Å². The molecule has 130 valence electrons. The van der Waals surface area contributed by atoms with Gasteiger partial charge < -0.3 is 20.3 Å². The van der Waals surface area contributed by atoms with Gasteiger partial charge in [0.15, 0.2) is 0 Å². The first-order chi connectivity index (χ1) is 11.3. The van der Waals surface area contributed by atoms with Crippen LogP contribution in [0.25, 0.3) is 0 Å². The summed E-state index contributed by atoms with van der Waals surface area (Å²) in [4.78, 5) is 12.1. The van der Waals surface area contributed by atoms with Crippen LogP contribution < -0.4 is 15.8 Å². The van der Waals surface area contributed by atoms with E-state index in [1.165, 1.54) is 6.07 Å². The Bertz CT molecular complexity index is 697. The van der Waals surface area contributed by atoms with E-state index < -0.39 is 24.9 Å². The molecule has 0 unspecified atom stereocenters. The van der Waals surface area contributed by atoms with Crippen molar-refractivity contribution in [2.75, 3.05) is 13.1 Å². The maximum absolute atomic E-state index is 13.2. The summed E-state index contributed by atoms with van der Waals surface area (Å²) in [6.45, 7) is 2.03. The molecule has 6 nitrogen and oxygen atoms in total. The quantitative estimate of drug-likeness (QED) is 0.807. The number of nitrogens with one attached hydrogen (secondary N) is 1. The number of carbonyl (C=O) groups excluding carboxylic acids is 1. The first kappa shape index (κ1) is 17.9. The van der Waals surface area contributed by atoms with Gasteiger partial charge in [-0.15, -0.1) is 0 Å². The van der Waals surface area contributed by atoms with E-state index in [9.17, 15) is 13.6 Å². The van der Waals surface area contributed by atoms with Gasteiger partial charge in [-0.25, -0.2) is 8.78 Å². The molecule has 24 heavy (non-hydrogen) atoms. The topological polar surface area (TPSA) is 90.4 Å². The van der Waals surface area contributed by atoms with Gasteiger partial charge in [0, 0.05) is 0 Å². The summed E-state index contributed by atoms with van der Waals surface area (Å²) in [6, 6.07) is 6.40. The molecular formula is C16H19F2N3O3. The van der Waals surface area contributed by atoms with Gasteiger partial charge in [0.05, 0.1) is 29.9 Å². The van der Waals surface area contributed by atoms with Crippen LogP contribution in [0.1, 0.15) is 27.4 Å². The van der Waals surface area contributed by atoms with Gasteiger partial charge in [-0.2, -0.15) is 0 Å². The zero-order valence-electron chi connectivity index (χ0n) is 13.4. The Labute approximate surface area is 138 Å². The molecule has 0 atom stereocenters. The molecule has 0 aliphatic rings. The normalized spacial score (nSPS) is 11.4. The van der Waals surface area contributed by atoms with Crippen molar-refractivity contribution in [2.24, 2.45) is 5.73 Å². The molecule has 0 spiro atoms. The maximum Gasteiger partial charge on any atom is 0.277 e. The van der Waals surface area contributed by atoms with Crippen molar-refractivity contribution in [3.8, 4) is 5.75 Å². The van der Waals surface area contributed by atoms with Crippen molar-refractivity contribution in [1.29, 1.82) is 0 Å². The minimum atomic E-state index is -3.15. The number of para-hydroxylation sites is 1. The number of rotatable bonds is 7. The SMILES string of the molecule is Cc1noc(C)c1COc1ccccc1C(=O)NCC(F)(F)CN. The molecule has 0 bridgehead atoms. The van der Waals surface area contributed by atoms with Crippen LogP contribution in [0.3, 0.4) is 0 Å². The van der Waals surface area contributed by atoms with Crippen molar-refractivity contribution in [2.45, 2.75) is 26.4 Å². The molecular weight excluding hydrogens is 320 g/mol. The van der Waals surface area contributed by atoms with Gasteiger partial charge in [-0.3, -0.25) is 4.79 Å². The summed E-state index contributed by atoms with van der Waals surface area (Å²) in [5, 5.41) is 5.99. The number of ether oxygens (including phenoxy) is 1. The van der Waals surface area contributed by atoms with Crippen LogP contribution in [0.4, 0.5) is 8.78 Å². The number of halogens is 2. The number of hydrogen-bond donors (Lipinski definition) is 2. The van der Waals surface area contributed by atoms with Crippen LogP contribution >= 0.6 is 0 Å². The zero-order valence-corrected chi connectivity index (χ0v) is 13.4.